The topological polar surface area (TPSA) is 57.8 Å². The molecule has 1 aromatic heterocycles. The Morgan fingerprint density at radius 1 is 1.50 bits per heavy atom. The third-order valence-electron chi connectivity index (χ3n) is 2.73. The Kier molecular flexibility index (Phi) is 5.17. The van der Waals surface area contributed by atoms with Gasteiger partial charge in [0.05, 0.1) is 17.5 Å². The molecule has 0 bridgehead atoms. The minimum Gasteiger partial charge on any atom is -0.351 e. The lowest BCUT2D eigenvalue weighted by Crippen LogP contribution is -2.25. The molecule has 0 aliphatic heterocycles. The molecule has 2 aromatic rings. The highest BCUT2D eigenvalue weighted by atomic mass is 32.2. The summed E-state index contributed by atoms with van der Waals surface area (Å²) < 4.78 is 13.2. The van der Waals surface area contributed by atoms with Gasteiger partial charge in [0.15, 0.2) is 0 Å². The minimum absolute atomic E-state index is 0.199. The number of thioether (sulfide) groups is 1. The van der Waals surface area contributed by atoms with Crippen LogP contribution in [-0.2, 0) is 0 Å². The van der Waals surface area contributed by atoms with Gasteiger partial charge in [-0.25, -0.2) is 4.39 Å². The minimum atomic E-state index is -0.345. The van der Waals surface area contributed by atoms with Crippen LogP contribution < -0.4 is 5.32 Å². The maximum absolute atomic E-state index is 13.2. The summed E-state index contributed by atoms with van der Waals surface area (Å²) in [4.78, 5) is 12.1. The predicted molar refractivity (Wildman–Crippen MR) is 79.3 cm³/mol. The zero-order valence-electron chi connectivity index (χ0n) is 11.1. The Bertz CT molecular complexity index is 585. The van der Waals surface area contributed by atoms with Crippen LogP contribution in [0.15, 0.2) is 30.5 Å². The van der Waals surface area contributed by atoms with Gasteiger partial charge in [0.25, 0.3) is 5.91 Å². The van der Waals surface area contributed by atoms with Crippen molar-refractivity contribution in [3.05, 3.63) is 41.8 Å². The Hall–Kier alpha value is -1.82. The largest absolute Gasteiger partial charge is 0.351 e. The number of halogens is 1. The second-order valence-corrected chi connectivity index (χ2v) is 5.52. The van der Waals surface area contributed by atoms with Crippen LogP contribution in [0, 0.1) is 5.82 Å². The van der Waals surface area contributed by atoms with Crippen LogP contribution in [0.3, 0.4) is 0 Å². The molecule has 0 radical (unpaired) electrons. The summed E-state index contributed by atoms with van der Waals surface area (Å²) in [5, 5.41) is 9.46. The second-order valence-electron chi connectivity index (χ2n) is 4.12. The maximum atomic E-state index is 13.2. The Balaban J connectivity index is 2.10. The standard InChI is InChI=1S/C14H16FN3OS/c1-2-20-7-6-16-14(19)12-9-17-18-13(12)10-4-3-5-11(15)8-10/h3-5,8-9H,2,6-7H2,1H3,(H,16,19)(H,17,18). The zero-order valence-corrected chi connectivity index (χ0v) is 12.0. The lowest BCUT2D eigenvalue weighted by atomic mass is 10.1. The fraction of sp³-hybridized carbons (Fsp3) is 0.286. The van der Waals surface area contributed by atoms with Gasteiger partial charge < -0.3 is 5.32 Å². The monoisotopic (exact) mass is 293 g/mol. The van der Waals surface area contributed by atoms with Crippen molar-refractivity contribution in [1.82, 2.24) is 15.5 Å². The highest BCUT2D eigenvalue weighted by Gasteiger charge is 2.15. The molecular weight excluding hydrogens is 277 g/mol. The molecule has 4 nitrogen and oxygen atoms in total. The number of nitrogens with zero attached hydrogens (tertiary/aromatic N) is 1. The van der Waals surface area contributed by atoms with Gasteiger partial charge in [-0.15, -0.1) is 0 Å². The van der Waals surface area contributed by atoms with Crippen LogP contribution in [0.4, 0.5) is 4.39 Å². The first-order valence-electron chi connectivity index (χ1n) is 6.37. The number of aromatic nitrogens is 2. The third-order valence-corrected chi connectivity index (χ3v) is 3.63. The van der Waals surface area contributed by atoms with Gasteiger partial charge >= 0.3 is 0 Å². The summed E-state index contributed by atoms with van der Waals surface area (Å²) in [5.41, 5.74) is 1.57. The molecule has 0 saturated heterocycles. The van der Waals surface area contributed by atoms with Crippen LogP contribution in [0.2, 0.25) is 0 Å². The molecule has 1 amide bonds. The number of nitrogens with one attached hydrogen (secondary N) is 2. The summed E-state index contributed by atoms with van der Waals surface area (Å²) in [6.45, 7) is 2.68. The summed E-state index contributed by atoms with van der Waals surface area (Å²) in [6.07, 6.45) is 1.46. The van der Waals surface area contributed by atoms with Crippen molar-refractivity contribution in [1.29, 1.82) is 0 Å². The molecule has 0 aliphatic carbocycles. The zero-order chi connectivity index (χ0) is 14.4. The van der Waals surface area contributed by atoms with E-state index in [-0.39, 0.29) is 11.7 Å². The smallest absolute Gasteiger partial charge is 0.255 e. The fourth-order valence-corrected chi connectivity index (χ4v) is 2.33. The predicted octanol–water partition coefficient (Wildman–Crippen LogP) is 2.70. The highest BCUT2D eigenvalue weighted by Crippen LogP contribution is 2.21. The van der Waals surface area contributed by atoms with Crippen LogP contribution in [0.1, 0.15) is 17.3 Å². The van der Waals surface area contributed by atoms with Crippen LogP contribution in [-0.4, -0.2) is 34.2 Å². The summed E-state index contributed by atoms with van der Waals surface area (Å²) >= 11 is 1.76. The van der Waals surface area contributed by atoms with Crippen LogP contribution in [0.25, 0.3) is 11.3 Å². The average Bonchev–Trinajstić information content (AvgIpc) is 2.93. The lowest BCUT2D eigenvalue weighted by molar-refractivity contribution is 0.0957. The van der Waals surface area contributed by atoms with E-state index in [9.17, 15) is 9.18 Å². The number of carbonyl (C=O) groups is 1. The molecule has 106 valence electrons. The molecule has 2 rings (SSSR count). The third kappa shape index (κ3) is 3.60. The summed E-state index contributed by atoms with van der Waals surface area (Å²) in [5.74, 6) is 1.35. The van der Waals surface area contributed by atoms with Crippen molar-refractivity contribution in [3.63, 3.8) is 0 Å². The number of H-pyrrole nitrogens is 1. The molecule has 0 aliphatic rings. The first-order chi connectivity index (χ1) is 9.72. The SMILES string of the molecule is CCSCCNC(=O)c1cn[nH]c1-c1cccc(F)c1. The number of aromatic amines is 1. The lowest BCUT2D eigenvalue weighted by Gasteiger charge is -2.05. The van der Waals surface area contributed by atoms with E-state index < -0.39 is 0 Å². The van der Waals surface area contributed by atoms with Crippen molar-refractivity contribution in [3.8, 4) is 11.3 Å². The van der Waals surface area contributed by atoms with E-state index >= 15 is 0 Å². The molecule has 2 N–H and O–H groups in total. The summed E-state index contributed by atoms with van der Waals surface area (Å²) in [6, 6.07) is 6.07. The van der Waals surface area contributed by atoms with Crippen LogP contribution >= 0.6 is 11.8 Å². The average molecular weight is 293 g/mol. The van der Waals surface area contributed by atoms with Crippen molar-refractivity contribution < 1.29 is 9.18 Å². The van der Waals surface area contributed by atoms with Gasteiger partial charge in [0, 0.05) is 17.9 Å². The van der Waals surface area contributed by atoms with Gasteiger partial charge in [-0.2, -0.15) is 16.9 Å². The number of hydrogen-bond acceptors (Lipinski definition) is 3. The van der Waals surface area contributed by atoms with Gasteiger partial charge in [-0.1, -0.05) is 19.1 Å². The van der Waals surface area contributed by atoms with Gasteiger partial charge in [-0.05, 0) is 17.9 Å². The van der Waals surface area contributed by atoms with E-state index in [0.717, 1.165) is 11.5 Å². The molecule has 0 fully saturated rings. The molecular formula is C14H16FN3OS. The highest BCUT2D eigenvalue weighted by molar-refractivity contribution is 7.99. The molecule has 0 atom stereocenters. The van der Waals surface area contributed by atoms with Crippen molar-refractivity contribution in [2.75, 3.05) is 18.1 Å². The molecule has 0 saturated carbocycles. The van der Waals surface area contributed by atoms with Gasteiger partial charge in [-0.3, -0.25) is 9.89 Å². The molecule has 1 aromatic carbocycles. The molecule has 6 heteroatoms. The number of carbonyl (C=O) groups excluding carboxylic acids is 1. The van der Waals surface area contributed by atoms with Crippen LogP contribution in [0.5, 0.6) is 0 Å². The molecule has 0 unspecified atom stereocenters. The number of benzene rings is 1. The van der Waals surface area contributed by atoms with E-state index in [1.165, 1.54) is 18.3 Å². The van der Waals surface area contributed by atoms with Crippen molar-refractivity contribution >= 4 is 17.7 Å². The molecule has 1 heterocycles. The number of rotatable bonds is 6. The first-order valence-corrected chi connectivity index (χ1v) is 7.53. The Labute approximate surface area is 121 Å². The van der Waals surface area contributed by atoms with E-state index in [4.69, 9.17) is 0 Å². The van der Waals surface area contributed by atoms with E-state index in [0.29, 0.717) is 23.4 Å². The van der Waals surface area contributed by atoms with E-state index in [2.05, 4.69) is 22.4 Å². The van der Waals surface area contributed by atoms with E-state index in [1.54, 1.807) is 23.9 Å². The Morgan fingerprint density at radius 3 is 3.10 bits per heavy atom. The normalized spacial score (nSPS) is 10.5. The Morgan fingerprint density at radius 2 is 2.35 bits per heavy atom. The first kappa shape index (κ1) is 14.6. The van der Waals surface area contributed by atoms with Crippen molar-refractivity contribution in [2.24, 2.45) is 0 Å². The number of amides is 1. The molecule has 0 spiro atoms. The molecule has 20 heavy (non-hydrogen) atoms. The number of hydrogen-bond donors (Lipinski definition) is 2. The van der Waals surface area contributed by atoms with Crippen molar-refractivity contribution in [2.45, 2.75) is 6.92 Å². The summed E-state index contributed by atoms with van der Waals surface area (Å²) in [7, 11) is 0. The fourth-order valence-electron chi connectivity index (χ4n) is 1.80. The van der Waals surface area contributed by atoms with Gasteiger partial charge in [0.1, 0.15) is 5.82 Å². The maximum Gasteiger partial charge on any atom is 0.255 e. The second kappa shape index (κ2) is 7.09. The van der Waals surface area contributed by atoms with Gasteiger partial charge in [0.2, 0.25) is 0 Å². The quantitative estimate of drug-likeness (QED) is 0.805. The van der Waals surface area contributed by atoms with E-state index in [1.807, 2.05) is 0 Å².